The summed E-state index contributed by atoms with van der Waals surface area (Å²) in [6, 6.07) is -11.7. The molecule has 0 aromatic carbocycles. The van der Waals surface area contributed by atoms with Gasteiger partial charge in [0.15, 0.2) is 23.9 Å². The third-order valence-electron chi connectivity index (χ3n) is 12.1. The maximum atomic E-state index is 14.2. The summed E-state index contributed by atoms with van der Waals surface area (Å²) in [6.07, 6.45) is 0.229. The molecule has 2 aliphatic heterocycles. The molecule has 2 heterocycles. The lowest BCUT2D eigenvalue weighted by molar-refractivity contribution is -0.147. The molecule has 10 atom stereocenters. The van der Waals surface area contributed by atoms with E-state index in [1.165, 1.54) is 16.7 Å². The maximum absolute atomic E-state index is 14.2. The van der Waals surface area contributed by atoms with Crippen LogP contribution in [-0.4, -0.2) is 196 Å². The fourth-order valence-corrected chi connectivity index (χ4v) is 8.10. The fourth-order valence-electron chi connectivity index (χ4n) is 8.10. The number of rotatable bonds is 30. The molecule has 8 amide bonds. The predicted octanol–water partition coefficient (Wildman–Crippen LogP) is -6.87. The number of nitrogens with zero attached hydrogens (tertiary/aromatic N) is 2. The molecule has 2 saturated heterocycles. The Morgan fingerprint density at radius 3 is 1.47 bits per heavy atom. The van der Waals surface area contributed by atoms with E-state index < -0.39 is 126 Å². The fraction of sp³-hybridized carbons (Fsp3) is 0.721. The van der Waals surface area contributed by atoms with Crippen LogP contribution in [0, 0.1) is 22.1 Å². The average Bonchev–Trinajstić information content (AvgIpc) is 4.02. The maximum Gasteiger partial charge on any atom is 0.328 e. The topological polar surface area (TPSA) is 505 Å². The smallest absolute Gasteiger partial charge is 0.328 e. The molecule has 2 fully saturated rings. The zero-order valence-corrected chi connectivity index (χ0v) is 41.9. The monoisotopic (exact) mass is 1040 g/mol. The number of carboxylic acid groups (broad SMARTS) is 1. The van der Waals surface area contributed by atoms with Gasteiger partial charge in [0.2, 0.25) is 47.3 Å². The van der Waals surface area contributed by atoms with Crippen LogP contribution in [0.3, 0.4) is 0 Å². The summed E-state index contributed by atoms with van der Waals surface area (Å²) in [4.78, 5) is 124. The number of carbonyl (C=O) groups is 9. The Morgan fingerprint density at radius 1 is 0.589 bits per heavy atom. The summed E-state index contributed by atoms with van der Waals surface area (Å²) >= 11 is 0. The molecular weight excluding hydrogens is 961 g/mol. The summed E-state index contributed by atoms with van der Waals surface area (Å²) in [5, 5.41) is 74.2. The first-order chi connectivity index (χ1) is 34.3. The van der Waals surface area contributed by atoms with Crippen LogP contribution < -0.4 is 70.8 Å². The van der Waals surface area contributed by atoms with Crippen molar-refractivity contribution in [2.45, 2.75) is 152 Å². The second kappa shape index (κ2) is 30.7. The first-order valence-electron chi connectivity index (χ1n) is 24.2. The van der Waals surface area contributed by atoms with Gasteiger partial charge in [-0.25, -0.2) is 4.79 Å². The molecule has 0 radical (unpaired) electrons. The van der Waals surface area contributed by atoms with Crippen LogP contribution in [0.4, 0.5) is 0 Å². The normalized spacial score (nSPS) is 18.5. The van der Waals surface area contributed by atoms with Gasteiger partial charge in [-0.1, -0.05) is 13.8 Å². The molecule has 2 rings (SSSR count). The highest BCUT2D eigenvalue weighted by atomic mass is 16.4. The van der Waals surface area contributed by atoms with E-state index in [1.54, 1.807) is 13.8 Å². The number of amides is 8. The number of carbonyl (C=O) groups excluding carboxylic acids is 8. The van der Waals surface area contributed by atoms with Crippen LogP contribution in [-0.2, 0) is 43.2 Å². The Labute approximate surface area is 423 Å². The molecule has 412 valence electrons. The van der Waals surface area contributed by atoms with Gasteiger partial charge in [0.05, 0.1) is 12.7 Å². The molecule has 0 aromatic heterocycles. The van der Waals surface area contributed by atoms with Crippen molar-refractivity contribution in [3.05, 3.63) is 0 Å². The van der Waals surface area contributed by atoms with E-state index in [1.807, 2.05) is 0 Å². The number of guanidine groups is 3. The van der Waals surface area contributed by atoms with Crippen molar-refractivity contribution in [3.8, 4) is 0 Å². The molecular formula is C43H78N18O12. The van der Waals surface area contributed by atoms with Gasteiger partial charge >= 0.3 is 5.97 Å². The summed E-state index contributed by atoms with van der Waals surface area (Å²) in [6.45, 7) is 5.68. The van der Waals surface area contributed by atoms with E-state index >= 15 is 0 Å². The van der Waals surface area contributed by atoms with Crippen molar-refractivity contribution < 1.29 is 58.5 Å². The van der Waals surface area contributed by atoms with E-state index in [4.69, 9.17) is 39.2 Å². The number of hydrogen-bond acceptors (Lipinski definition) is 15. The standard InChI is InChI=1S/C43H78N18O12/c1-21(2)30(37(69)59-31(23(4)63)40(72)73)58-35(67)27(12-7-17-53-43(49)50)55-32(64)22(3)54-33(65)25(10-5-15-51-41(45)46)56-34(66)26(11-6-16-52-42(47)48)57-36(68)28-13-8-18-60(28)39(71)29-14-9-19-61(29)38(70)24(44)20-62/h21-31,62-63H,5-20,44H2,1-4H3,(H,54,65)(H,55,64)(H,56,66)(H,57,68)(H,58,67)(H,59,69)(H,72,73)(H4,45,46,51)(H4,47,48,52)(H4,49,50,53)/t22-,23+,24-,25-,26-,27-,28-,29-,30-,31-/m0/s1. The van der Waals surface area contributed by atoms with Crippen LogP contribution in [0.15, 0.2) is 0 Å². The van der Waals surface area contributed by atoms with Crippen LogP contribution in [0.2, 0.25) is 0 Å². The summed E-state index contributed by atoms with van der Waals surface area (Å²) in [7, 11) is 0. The first kappa shape index (κ1) is 62.0. The summed E-state index contributed by atoms with van der Waals surface area (Å²) in [5.41, 5.74) is 22.0. The van der Waals surface area contributed by atoms with Crippen LogP contribution in [0.5, 0.6) is 0 Å². The van der Waals surface area contributed by atoms with E-state index in [0.717, 1.165) is 6.92 Å². The Hall–Kier alpha value is -7.08. The quantitative estimate of drug-likeness (QED) is 0.0181. The van der Waals surface area contributed by atoms with Gasteiger partial charge in [-0.15, -0.1) is 0 Å². The van der Waals surface area contributed by atoms with Crippen LogP contribution in [0.1, 0.15) is 91.9 Å². The third kappa shape index (κ3) is 20.5. The summed E-state index contributed by atoms with van der Waals surface area (Å²) in [5.74, 6) is -9.38. The van der Waals surface area contributed by atoms with Gasteiger partial charge in [-0.2, -0.15) is 0 Å². The number of hydrogen-bond donors (Lipinski definition) is 19. The molecule has 0 spiro atoms. The van der Waals surface area contributed by atoms with Crippen LogP contribution in [0.25, 0.3) is 0 Å². The molecule has 30 heteroatoms. The zero-order chi connectivity index (χ0) is 55.1. The molecule has 30 nitrogen and oxygen atoms in total. The lowest BCUT2D eigenvalue weighted by atomic mass is 10.0. The third-order valence-corrected chi connectivity index (χ3v) is 12.1. The Bertz CT molecular complexity index is 1980. The van der Waals surface area contributed by atoms with Crippen molar-refractivity contribution in [2.24, 2.45) is 28.9 Å². The van der Waals surface area contributed by atoms with Crippen molar-refractivity contribution >= 4 is 71.1 Å². The van der Waals surface area contributed by atoms with Gasteiger partial charge < -0.3 is 95.9 Å². The van der Waals surface area contributed by atoms with Gasteiger partial charge in [-0.05, 0) is 84.0 Å². The van der Waals surface area contributed by atoms with Gasteiger partial charge in [0.25, 0.3) is 0 Å². The predicted molar refractivity (Wildman–Crippen MR) is 263 cm³/mol. The molecule has 0 unspecified atom stereocenters. The molecule has 0 bridgehead atoms. The van der Waals surface area contributed by atoms with Crippen LogP contribution >= 0.6 is 0 Å². The molecule has 23 N–H and O–H groups in total. The second-order valence-electron chi connectivity index (χ2n) is 18.3. The van der Waals surface area contributed by atoms with Gasteiger partial charge in [0, 0.05) is 32.7 Å². The Kier molecular flexibility index (Phi) is 26.1. The number of nitrogens with two attached hydrogens (primary N) is 4. The van der Waals surface area contributed by atoms with Crippen molar-refractivity contribution in [2.75, 3.05) is 39.3 Å². The minimum Gasteiger partial charge on any atom is -0.480 e. The molecule has 0 saturated carbocycles. The van der Waals surface area contributed by atoms with E-state index in [2.05, 4.69) is 47.9 Å². The van der Waals surface area contributed by atoms with Crippen molar-refractivity contribution in [3.63, 3.8) is 0 Å². The van der Waals surface area contributed by atoms with E-state index in [0.29, 0.717) is 19.3 Å². The average molecular weight is 1040 g/mol. The number of aliphatic hydroxyl groups is 2. The first-order valence-corrected chi connectivity index (χ1v) is 24.2. The number of likely N-dealkylation sites (tertiary alicyclic amines) is 2. The molecule has 0 aromatic rings. The number of nitrogens with one attached hydrogen (secondary N) is 12. The highest BCUT2D eigenvalue weighted by Crippen LogP contribution is 2.26. The summed E-state index contributed by atoms with van der Waals surface area (Å²) < 4.78 is 0. The van der Waals surface area contributed by atoms with E-state index in [9.17, 15) is 58.5 Å². The molecule has 2 aliphatic rings. The van der Waals surface area contributed by atoms with Gasteiger partial charge in [-0.3, -0.25) is 54.6 Å². The molecule has 73 heavy (non-hydrogen) atoms. The zero-order valence-electron chi connectivity index (χ0n) is 41.9. The minimum absolute atomic E-state index is 0.0487. The van der Waals surface area contributed by atoms with Crippen molar-refractivity contribution in [1.29, 1.82) is 16.2 Å². The highest BCUT2D eigenvalue weighted by molar-refractivity contribution is 5.98. The van der Waals surface area contributed by atoms with E-state index in [-0.39, 0.29) is 95.5 Å². The SMILES string of the molecule is CC(C)[C@H](NC(=O)[C@H](CCCNC(=N)N)NC(=O)[C@H](C)NC(=O)[C@H](CCCNC(=N)N)NC(=O)[C@H](CCCNC(=N)N)NC(=O)[C@@H]1CCCN1C(=O)[C@@H]1CCCN1C(=O)[C@@H](N)CO)C(=O)N[C@H](C(=O)O)[C@@H](C)O. The Morgan fingerprint density at radius 2 is 1.01 bits per heavy atom. The number of aliphatic carboxylic acids is 1. The second-order valence-corrected chi connectivity index (χ2v) is 18.3. The number of carboxylic acids is 1. The van der Waals surface area contributed by atoms with Gasteiger partial charge in [0.1, 0.15) is 48.3 Å². The van der Waals surface area contributed by atoms with Crippen molar-refractivity contribution in [1.82, 2.24) is 57.7 Å². The lowest BCUT2D eigenvalue weighted by Gasteiger charge is -2.32. The largest absolute Gasteiger partial charge is 0.480 e. The lowest BCUT2D eigenvalue weighted by Crippen LogP contribution is -2.60. The Balaban J connectivity index is 2.36. The highest BCUT2D eigenvalue weighted by Gasteiger charge is 2.44. The number of aliphatic hydroxyl groups excluding tert-OH is 2. The molecule has 0 aliphatic carbocycles. The minimum atomic E-state index is -1.70.